The van der Waals surface area contributed by atoms with Crippen LogP contribution in [-0.4, -0.2) is 39.6 Å². The Morgan fingerprint density at radius 3 is 2.26 bits per heavy atom. The number of nitrogens with zero attached hydrogens (tertiary/aromatic N) is 1. The Labute approximate surface area is 159 Å². The lowest BCUT2D eigenvalue weighted by molar-refractivity contribution is -0.928. The summed E-state index contributed by atoms with van der Waals surface area (Å²) >= 11 is 0. The molecule has 0 unspecified atom stereocenters. The van der Waals surface area contributed by atoms with Crippen LogP contribution in [0.3, 0.4) is 0 Å². The van der Waals surface area contributed by atoms with Gasteiger partial charge in [-0.05, 0) is 29.3 Å². The number of hydroxylamine groups is 3. The summed E-state index contributed by atoms with van der Waals surface area (Å²) in [6.07, 6.45) is 1.39. The number of rotatable bonds is 4. The second kappa shape index (κ2) is 6.62. The third-order valence-electron chi connectivity index (χ3n) is 5.92. The summed E-state index contributed by atoms with van der Waals surface area (Å²) < 4.78 is 21.6. The minimum atomic E-state index is -0.279. The molecule has 0 aliphatic carbocycles. The number of methoxy groups -OCH3 is 4. The van der Waals surface area contributed by atoms with E-state index in [4.69, 9.17) is 18.9 Å². The number of fused-ring (bicyclic) bond motifs is 4. The lowest BCUT2D eigenvalue weighted by Crippen LogP contribution is -2.52. The van der Waals surface area contributed by atoms with Crippen LogP contribution in [-0.2, 0) is 19.4 Å². The largest absolute Gasteiger partial charge is 0.632 e. The van der Waals surface area contributed by atoms with Gasteiger partial charge < -0.3 is 28.8 Å². The monoisotopic (exact) mass is 371 g/mol. The molecule has 0 fully saturated rings. The molecule has 0 saturated heterocycles. The quantitative estimate of drug-likeness (QED) is 0.609. The molecule has 0 radical (unpaired) electrons. The Bertz CT molecular complexity index is 881. The SMILES string of the molecule is COc1cc2c(cc1OC)[C@H]1Cc3ccc(OC)c(OC)c3C[N@@+]1([O-])CC2. The van der Waals surface area contributed by atoms with Crippen molar-refractivity contribution in [2.75, 3.05) is 35.0 Å². The van der Waals surface area contributed by atoms with Crippen LogP contribution in [0.2, 0.25) is 0 Å². The van der Waals surface area contributed by atoms with Gasteiger partial charge in [0.15, 0.2) is 23.0 Å². The molecule has 0 bridgehead atoms. The van der Waals surface area contributed by atoms with Crippen LogP contribution in [0, 0.1) is 5.21 Å². The molecule has 2 aromatic rings. The maximum absolute atomic E-state index is 13.8. The minimum Gasteiger partial charge on any atom is -0.632 e. The first-order valence-electron chi connectivity index (χ1n) is 9.10. The smallest absolute Gasteiger partial charge is 0.169 e. The van der Waals surface area contributed by atoms with E-state index in [1.54, 1.807) is 28.4 Å². The molecule has 0 saturated carbocycles. The first kappa shape index (κ1) is 17.9. The van der Waals surface area contributed by atoms with Crippen LogP contribution < -0.4 is 18.9 Å². The van der Waals surface area contributed by atoms with Crippen molar-refractivity contribution in [3.05, 3.63) is 51.7 Å². The van der Waals surface area contributed by atoms with Crippen molar-refractivity contribution in [1.29, 1.82) is 0 Å². The highest BCUT2D eigenvalue weighted by molar-refractivity contribution is 5.53. The highest BCUT2D eigenvalue weighted by Crippen LogP contribution is 2.49. The molecule has 0 aromatic heterocycles. The highest BCUT2D eigenvalue weighted by atomic mass is 16.6. The van der Waals surface area contributed by atoms with E-state index >= 15 is 0 Å². The number of hydrogen-bond donors (Lipinski definition) is 0. The topological polar surface area (TPSA) is 60.0 Å². The van der Waals surface area contributed by atoms with Crippen molar-refractivity contribution >= 4 is 0 Å². The maximum atomic E-state index is 13.8. The predicted octanol–water partition coefficient (Wildman–Crippen LogP) is 3.39. The van der Waals surface area contributed by atoms with Crippen molar-refractivity contribution in [2.45, 2.75) is 25.4 Å². The maximum Gasteiger partial charge on any atom is 0.169 e. The van der Waals surface area contributed by atoms with Crippen molar-refractivity contribution < 1.29 is 23.6 Å². The van der Waals surface area contributed by atoms with Crippen LogP contribution in [0.1, 0.15) is 28.3 Å². The van der Waals surface area contributed by atoms with E-state index in [9.17, 15) is 5.21 Å². The zero-order valence-corrected chi connectivity index (χ0v) is 16.2. The second-order valence-electron chi connectivity index (χ2n) is 7.15. The Morgan fingerprint density at radius 2 is 1.59 bits per heavy atom. The number of benzene rings is 2. The van der Waals surface area contributed by atoms with Gasteiger partial charge in [0.1, 0.15) is 12.6 Å². The molecule has 2 aromatic carbocycles. The number of hydrogen-bond acceptors (Lipinski definition) is 5. The van der Waals surface area contributed by atoms with Crippen molar-refractivity contribution in [2.24, 2.45) is 0 Å². The second-order valence-corrected chi connectivity index (χ2v) is 7.15. The van der Waals surface area contributed by atoms with Gasteiger partial charge >= 0.3 is 0 Å². The first-order chi connectivity index (χ1) is 13.0. The molecule has 2 atom stereocenters. The van der Waals surface area contributed by atoms with Crippen LogP contribution in [0.25, 0.3) is 0 Å². The molecule has 27 heavy (non-hydrogen) atoms. The molecule has 144 valence electrons. The van der Waals surface area contributed by atoms with E-state index in [0.29, 0.717) is 42.5 Å². The average Bonchev–Trinajstić information content (AvgIpc) is 2.70. The molecule has 6 heteroatoms. The minimum absolute atomic E-state index is 0.154. The van der Waals surface area contributed by atoms with Gasteiger partial charge in [-0.1, -0.05) is 6.07 Å². The summed E-state index contributed by atoms with van der Waals surface area (Å²) in [4.78, 5) is 0. The fourth-order valence-electron chi connectivity index (χ4n) is 4.52. The van der Waals surface area contributed by atoms with Gasteiger partial charge in [-0.25, -0.2) is 0 Å². The summed E-state index contributed by atoms with van der Waals surface area (Å²) in [5, 5.41) is 13.8. The fourth-order valence-corrected chi connectivity index (χ4v) is 4.52. The van der Waals surface area contributed by atoms with Crippen LogP contribution >= 0.6 is 0 Å². The van der Waals surface area contributed by atoms with Crippen LogP contribution in [0.5, 0.6) is 23.0 Å². The lowest BCUT2D eigenvalue weighted by Gasteiger charge is -2.54. The first-order valence-corrected chi connectivity index (χ1v) is 9.10. The molecule has 4 rings (SSSR count). The van der Waals surface area contributed by atoms with Crippen molar-refractivity contribution in [3.8, 4) is 23.0 Å². The number of ether oxygens (including phenoxy) is 4. The van der Waals surface area contributed by atoms with E-state index in [1.807, 2.05) is 18.2 Å². The summed E-state index contributed by atoms with van der Waals surface area (Å²) in [5.41, 5.74) is 4.34. The molecule has 0 amide bonds. The molecule has 2 aliphatic rings. The Kier molecular flexibility index (Phi) is 4.40. The fraction of sp³-hybridized carbons (Fsp3) is 0.429. The zero-order valence-electron chi connectivity index (χ0n) is 16.2. The van der Waals surface area contributed by atoms with E-state index in [0.717, 1.165) is 23.1 Å². The van der Waals surface area contributed by atoms with Gasteiger partial charge in [-0.2, -0.15) is 0 Å². The highest BCUT2D eigenvalue weighted by Gasteiger charge is 2.42. The predicted molar refractivity (Wildman–Crippen MR) is 101 cm³/mol. The number of quaternary nitrogens is 1. The van der Waals surface area contributed by atoms with E-state index in [-0.39, 0.29) is 10.7 Å². The Hall–Kier alpha value is -2.44. The van der Waals surface area contributed by atoms with Crippen molar-refractivity contribution in [3.63, 3.8) is 0 Å². The van der Waals surface area contributed by atoms with Crippen LogP contribution in [0.4, 0.5) is 0 Å². The van der Waals surface area contributed by atoms with Gasteiger partial charge in [0.25, 0.3) is 0 Å². The van der Waals surface area contributed by atoms with Gasteiger partial charge in [0.05, 0.1) is 40.5 Å². The molecule has 2 aliphatic heterocycles. The molecule has 0 N–H and O–H groups in total. The summed E-state index contributed by atoms with van der Waals surface area (Å²) in [5.74, 6) is 2.73. The van der Waals surface area contributed by atoms with Gasteiger partial charge in [0, 0.05) is 18.4 Å². The van der Waals surface area contributed by atoms with E-state index < -0.39 is 0 Å². The third-order valence-corrected chi connectivity index (χ3v) is 5.92. The lowest BCUT2D eigenvalue weighted by atomic mass is 9.83. The van der Waals surface area contributed by atoms with Crippen LogP contribution in [0.15, 0.2) is 24.3 Å². The Balaban J connectivity index is 1.82. The normalized spacial score (nSPS) is 22.9. The summed E-state index contributed by atoms with van der Waals surface area (Å²) in [7, 11) is 6.51. The van der Waals surface area contributed by atoms with E-state index in [2.05, 4.69) is 6.07 Å². The van der Waals surface area contributed by atoms with Crippen molar-refractivity contribution in [1.82, 2.24) is 0 Å². The van der Waals surface area contributed by atoms with Gasteiger partial charge in [0.2, 0.25) is 0 Å². The molecule has 0 spiro atoms. The molecular weight excluding hydrogens is 346 g/mol. The van der Waals surface area contributed by atoms with Gasteiger partial charge in [-0.15, -0.1) is 0 Å². The molecular formula is C21H25NO5. The van der Waals surface area contributed by atoms with E-state index in [1.165, 1.54) is 5.56 Å². The Morgan fingerprint density at radius 1 is 0.889 bits per heavy atom. The molecule has 6 nitrogen and oxygen atoms in total. The zero-order chi connectivity index (χ0) is 19.2. The van der Waals surface area contributed by atoms with Gasteiger partial charge in [-0.3, -0.25) is 0 Å². The average molecular weight is 371 g/mol. The third kappa shape index (κ3) is 2.71. The standard InChI is InChI=1S/C21H25NO5/c1-24-18-6-5-13-9-17-15-11-20(26-3)19(25-2)10-14(15)7-8-22(17,23)12-16(13)21(18)27-4/h5-6,10-11,17H,7-9,12H2,1-4H3/t17-,22+/m1/s1. The summed E-state index contributed by atoms with van der Waals surface area (Å²) in [6.45, 7) is 0.918. The molecule has 2 heterocycles. The summed E-state index contributed by atoms with van der Waals surface area (Å²) in [6, 6.07) is 7.81.